The molecule has 0 saturated heterocycles. The predicted molar refractivity (Wildman–Crippen MR) is 65.4 cm³/mol. The smallest absolute Gasteiger partial charge is 0.326 e. The van der Waals surface area contributed by atoms with Gasteiger partial charge in [0.25, 0.3) is 0 Å². The molecule has 0 heterocycles. The van der Waals surface area contributed by atoms with E-state index in [9.17, 15) is 22.8 Å². The molecule has 0 aliphatic heterocycles. The van der Waals surface area contributed by atoms with E-state index in [1.165, 1.54) is 0 Å². The first-order valence-corrected chi connectivity index (χ1v) is 7.24. The molecule has 0 aliphatic rings. The van der Waals surface area contributed by atoms with Crippen LogP contribution in [-0.4, -0.2) is 53.5 Å². The van der Waals surface area contributed by atoms with Gasteiger partial charge in [0.15, 0.2) is 9.84 Å². The molecule has 0 bridgehead atoms. The Hall–Kier alpha value is -1.64. The minimum Gasteiger partial charge on any atom is -0.481 e. The van der Waals surface area contributed by atoms with Gasteiger partial charge in [0.05, 0.1) is 0 Å². The molecule has 19 heavy (non-hydrogen) atoms. The number of carbonyl (C=O) groups is 3. The summed E-state index contributed by atoms with van der Waals surface area (Å²) in [5, 5.41) is 19.3. The Bertz CT molecular complexity index is 480. The van der Waals surface area contributed by atoms with E-state index in [0.29, 0.717) is 0 Å². The lowest BCUT2D eigenvalue weighted by molar-refractivity contribution is -0.143. The number of carbonyl (C=O) groups excluding carboxylic acids is 1. The molecular formula is C10H17NO7S. The van der Waals surface area contributed by atoms with Gasteiger partial charge in [-0.1, -0.05) is 0 Å². The average molecular weight is 295 g/mol. The first-order chi connectivity index (χ1) is 8.39. The maximum atomic E-state index is 11.8. The van der Waals surface area contributed by atoms with E-state index in [1.54, 1.807) is 0 Å². The van der Waals surface area contributed by atoms with E-state index in [2.05, 4.69) is 0 Å². The summed E-state index contributed by atoms with van der Waals surface area (Å²) >= 11 is 0. The summed E-state index contributed by atoms with van der Waals surface area (Å²) < 4.78 is 21.0. The van der Waals surface area contributed by atoms with Crippen LogP contribution in [0.1, 0.15) is 26.7 Å². The molecule has 1 amide bonds. The van der Waals surface area contributed by atoms with Crippen molar-refractivity contribution in [3.05, 3.63) is 0 Å². The van der Waals surface area contributed by atoms with Crippen molar-refractivity contribution in [2.24, 2.45) is 0 Å². The Kier molecular flexibility index (Phi) is 5.48. The summed E-state index contributed by atoms with van der Waals surface area (Å²) in [4.78, 5) is 33.0. The van der Waals surface area contributed by atoms with Crippen LogP contribution >= 0.6 is 0 Å². The summed E-state index contributed by atoms with van der Waals surface area (Å²) in [7, 11) is -3.73. The third kappa shape index (κ3) is 4.86. The minimum atomic E-state index is -3.73. The largest absolute Gasteiger partial charge is 0.481 e. The van der Waals surface area contributed by atoms with Gasteiger partial charge in [-0.3, -0.25) is 9.59 Å². The Morgan fingerprint density at radius 1 is 1.21 bits per heavy atom. The molecule has 0 radical (unpaired) electrons. The van der Waals surface area contributed by atoms with Gasteiger partial charge in [-0.15, -0.1) is 0 Å². The van der Waals surface area contributed by atoms with E-state index >= 15 is 0 Å². The van der Waals surface area contributed by atoms with Crippen LogP contribution in [0.25, 0.3) is 0 Å². The van der Waals surface area contributed by atoms with Crippen molar-refractivity contribution >= 4 is 27.7 Å². The highest BCUT2D eigenvalue weighted by atomic mass is 32.2. The number of hydrogen-bond donors (Lipinski definition) is 3. The highest BCUT2D eigenvalue weighted by molar-refractivity contribution is 7.92. The van der Waals surface area contributed by atoms with Crippen molar-refractivity contribution in [3.8, 4) is 0 Å². The fourth-order valence-corrected chi connectivity index (χ4v) is 1.42. The van der Waals surface area contributed by atoms with Gasteiger partial charge >= 0.3 is 11.9 Å². The number of aliphatic carboxylic acids is 2. The molecule has 0 unspecified atom stereocenters. The molecule has 0 rings (SSSR count). The SMILES string of the molecule is CC(C)(C(=O)N[C@@H](CCC(=O)O)C(=O)O)S(C)(=O)=O. The molecule has 3 N–H and O–H groups in total. The van der Waals surface area contributed by atoms with Crippen LogP contribution < -0.4 is 5.32 Å². The number of hydrogen-bond acceptors (Lipinski definition) is 5. The predicted octanol–water partition coefficient (Wildman–Crippen LogP) is -0.756. The van der Waals surface area contributed by atoms with Gasteiger partial charge in [-0.25, -0.2) is 13.2 Å². The summed E-state index contributed by atoms with van der Waals surface area (Å²) in [6.07, 6.45) is 0.0897. The molecule has 110 valence electrons. The Morgan fingerprint density at radius 2 is 1.68 bits per heavy atom. The topological polar surface area (TPSA) is 138 Å². The minimum absolute atomic E-state index is 0.323. The standard InChI is InChI=1S/C10H17NO7S/c1-10(2,19(3,17)18)9(16)11-6(8(14)15)4-5-7(12)13/h6H,4-5H2,1-3H3,(H,11,16)(H,12,13)(H,14,15)/t6-/m0/s1. The molecule has 0 aromatic carbocycles. The zero-order valence-corrected chi connectivity index (χ0v) is 11.7. The highest BCUT2D eigenvalue weighted by Crippen LogP contribution is 2.15. The lowest BCUT2D eigenvalue weighted by Gasteiger charge is -2.24. The van der Waals surface area contributed by atoms with Crippen molar-refractivity contribution in [3.63, 3.8) is 0 Å². The van der Waals surface area contributed by atoms with Crippen molar-refractivity contribution in [1.29, 1.82) is 0 Å². The maximum absolute atomic E-state index is 11.8. The van der Waals surface area contributed by atoms with E-state index in [-0.39, 0.29) is 6.42 Å². The number of sulfone groups is 1. The second-order valence-corrected chi connectivity index (χ2v) is 7.14. The molecule has 0 spiro atoms. The summed E-state index contributed by atoms with van der Waals surface area (Å²) in [5.74, 6) is -3.60. The molecule has 8 nitrogen and oxygen atoms in total. The molecule has 0 aliphatic carbocycles. The lowest BCUT2D eigenvalue weighted by atomic mass is 10.1. The quantitative estimate of drug-likeness (QED) is 0.561. The Balaban J connectivity index is 4.92. The van der Waals surface area contributed by atoms with Crippen LogP contribution in [0.3, 0.4) is 0 Å². The second-order valence-electron chi connectivity index (χ2n) is 4.58. The number of rotatable bonds is 7. The van der Waals surface area contributed by atoms with Gasteiger partial charge in [0, 0.05) is 12.7 Å². The first kappa shape index (κ1) is 17.4. The Morgan fingerprint density at radius 3 is 2.00 bits per heavy atom. The summed E-state index contributed by atoms with van der Waals surface area (Å²) in [6.45, 7) is 2.29. The van der Waals surface area contributed by atoms with Crippen molar-refractivity contribution in [1.82, 2.24) is 5.32 Å². The van der Waals surface area contributed by atoms with Gasteiger partial charge in [-0.2, -0.15) is 0 Å². The molecule has 0 saturated carbocycles. The fourth-order valence-electron chi connectivity index (χ4n) is 1.03. The molecule has 0 aromatic heterocycles. The number of amides is 1. The van der Waals surface area contributed by atoms with E-state index < -0.39 is 44.9 Å². The highest BCUT2D eigenvalue weighted by Gasteiger charge is 2.40. The third-order valence-electron chi connectivity index (χ3n) is 2.72. The molecule has 0 fully saturated rings. The van der Waals surface area contributed by atoms with Gasteiger partial charge in [0.2, 0.25) is 5.91 Å². The molecule has 1 atom stereocenters. The van der Waals surface area contributed by atoms with Crippen LogP contribution in [0.2, 0.25) is 0 Å². The van der Waals surface area contributed by atoms with Gasteiger partial charge in [0.1, 0.15) is 10.8 Å². The zero-order chi connectivity index (χ0) is 15.4. The number of carboxylic acids is 2. The summed E-state index contributed by atoms with van der Waals surface area (Å²) in [6, 6.07) is -1.44. The number of nitrogens with one attached hydrogen (secondary N) is 1. The lowest BCUT2D eigenvalue weighted by Crippen LogP contribution is -2.52. The third-order valence-corrected chi connectivity index (χ3v) is 4.76. The second kappa shape index (κ2) is 6.00. The monoisotopic (exact) mass is 295 g/mol. The van der Waals surface area contributed by atoms with Gasteiger partial charge in [-0.05, 0) is 20.3 Å². The average Bonchev–Trinajstić information content (AvgIpc) is 2.21. The fraction of sp³-hybridized carbons (Fsp3) is 0.700. The van der Waals surface area contributed by atoms with Crippen molar-refractivity contribution in [2.45, 2.75) is 37.5 Å². The van der Waals surface area contributed by atoms with Gasteiger partial charge < -0.3 is 15.5 Å². The Labute approximate surface area is 110 Å². The van der Waals surface area contributed by atoms with E-state index in [0.717, 1.165) is 20.1 Å². The van der Waals surface area contributed by atoms with Crippen molar-refractivity contribution in [2.75, 3.05) is 6.26 Å². The molecular weight excluding hydrogens is 278 g/mol. The van der Waals surface area contributed by atoms with E-state index in [4.69, 9.17) is 10.2 Å². The van der Waals surface area contributed by atoms with Crippen molar-refractivity contribution < 1.29 is 33.0 Å². The maximum Gasteiger partial charge on any atom is 0.326 e. The zero-order valence-electron chi connectivity index (χ0n) is 10.8. The van der Waals surface area contributed by atoms with Crippen LogP contribution in [0.15, 0.2) is 0 Å². The van der Waals surface area contributed by atoms with Crippen LogP contribution in [0.5, 0.6) is 0 Å². The summed E-state index contributed by atoms with van der Waals surface area (Å²) in [5.41, 5.74) is 0. The van der Waals surface area contributed by atoms with E-state index in [1.807, 2.05) is 5.32 Å². The van der Waals surface area contributed by atoms with Crippen LogP contribution in [0.4, 0.5) is 0 Å². The van der Waals surface area contributed by atoms with Crippen LogP contribution in [-0.2, 0) is 24.2 Å². The molecule has 0 aromatic rings. The first-order valence-electron chi connectivity index (χ1n) is 5.34. The molecule has 9 heteroatoms. The normalized spacial score (nSPS) is 13.6. The van der Waals surface area contributed by atoms with Crippen LogP contribution in [0, 0.1) is 0 Å². The number of carboxylic acid groups (broad SMARTS) is 2.